The maximum atomic E-state index is 13.2. The molecule has 100 valence electrons. The summed E-state index contributed by atoms with van der Waals surface area (Å²) in [6.45, 7) is 0. The Morgan fingerprint density at radius 1 is 1.11 bits per heavy atom. The summed E-state index contributed by atoms with van der Waals surface area (Å²) < 4.78 is 18.3. The Hall–Kier alpha value is -1.65. The van der Waals surface area contributed by atoms with Gasteiger partial charge < -0.3 is 15.8 Å². The first kappa shape index (κ1) is 13.8. The topological polar surface area (TPSA) is 47.3 Å². The van der Waals surface area contributed by atoms with E-state index in [1.54, 1.807) is 25.3 Å². The third kappa shape index (κ3) is 3.03. The lowest BCUT2D eigenvalue weighted by Gasteiger charge is -2.12. The van der Waals surface area contributed by atoms with E-state index >= 15 is 0 Å². The molecular formula is C13H11Cl2FN2O. The van der Waals surface area contributed by atoms with Crippen molar-refractivity contribution in [3.63, 3.8) is 0 Å². The lowest BCUT2D eigenvalue weighted by Crippen LogP contribution is -1.98. The van der Waals surface area contributed by atoms with Crippen LogP contribution in [0.4, 0.5) is 21.5 Å². The highest BCUT2D eigenvalue weighted by atomic mass is 35.5. The molecule has 3 N–H and O–H groups in total. The molecule has 2 aromatic rings. The number of ether oxygens (including phenoxy) is 1. The van der Waals surface area contributed by atoms with Gasteiger partial charge in [0.2, 0.25) is 0 Å². The van der Waals surface area contributed by atoms with Crippen LogP contribution in [0.2, 0.25) is 10.0 Å². The summed E-state index contributed by atoms with van der Waals surface area (Å²) in [6, 6.07) is 7.68. The number of halogens is 3. The lowest BCUT2D eigenvalue weighted by molar-refractivity contribution is 0.415. The number of hydrogen-bond acceptors (Lipinski definition) is 3. The SMILES string of the molecule is COc1ccc(Cl)c(Nc2cc(Cl)c(F)cc2N)c1. The van der Waals surface area contributed by atoms with Gasteiger partial charge in [0, 0.05) is 12.1 Å². The van der Waals surface area contributed by atoms with Crippen molar-refractivity contribution in [1.82, 2.24) is 0 Å². The molecule has 3 nitrogen and oxygen atoms in total. The molecule has 6 heteroatoms. The van der Waals surface area contributed by atoms with Gasteiger partial charge in [-0.2, -0.15) is 0 Å². The van der Waals surface area contributed by atoms with Crippen molar-refractivity contribution in [2.75, 3.05) is 18.2 Å². The first-order chi connectivity index (χ1) is 9.01. The zero-order valence-corrected chi connectivity index (χ0v) is 11.5. The van der Waals surface area contributed by atoms with E-state index in [1.165, 1.54) is 6.07 Å². The number of nitrogen functional groups attached to an aromatic ring is 1. The fraction of sp³-hybridized carbons (Fsp3) is 0.0769. The van der Waals surface area contributed by atoms with Crippen LogP contribution in [0.3, 0.4) is 0 Å². The Kier molecular flexibility index (Phi) is 4.02. The molecule has 0 aliphatic rings. The molecule has 0 atom stereocenters. The van der Waals surface area contributed by atoms with Crippen molar-refractivity contribution in [3.05, 3.63) is 46.2 Å². The maximum Gasteiger partial charge on any atom is 0.143 e. The zero-order chi connectivity index (χ0) is 14.0. The van der Waals surface area contributed by atoms with Crippen molar-refractivity contribution in [2.45, 2.75) is 0 Å². The second kappa shape index (κ2) is 5.55. The molecule has 0 heterocycles. The van der Waals surface area contributed by atoms with Crippen molar-refractivity contribution >= 4 is 40.3 Å². The van der Waals surface area contributed by atoms with Gasteiger partial charge in [0.05, 0.1) is 34.2 Å². The molecule has 19 heavy (non-hydrogen) atoms. The van der Waals surface area contributed by atoms with E-state index in [0.29, 0.717) is 22.1 Å². The zero-order valence-electron chi connectivity index (χ0n) is 10.0. The number of anilines is 3. The molecule has 2 rings (SSSR count). The van der Waals surface area contributed by atoms with Gasteiger partial charge in [0.15, 0.2) is 0 Å². The minimum absolute atomic E-state index is 0.0179. The summed E-state index contributed by atoms with van der Waals surface area (Å²) in [5.74, 6) is 0.0696. The molecule has 0 radical (unpaired) electrons. The molecule has 0 aromatic heterocycles. The second-order valence-electron chi connectivity index (χ2n) is 3.82. The summed E-state index contributed by atoms with van der Waals surface area (Å²) in [4.78, 5) is 0. The standard InChI is InChI=1S/C13H11Cl2FN2O/c1-19-7-2-3-8(14)12(4-7)18-13-5-9(15)10(16)6-11(13)17/h2-6,18H,17H2,1H3. The molecule has 0 amide bonds. The van der Waals surface area contributed by atoms with Gasteiger partial charge in [-0.3, -0.25) is 0 Å². The summed E-state index contributed by atoms with van der Waals surface area (Å²) in [7, 11) is 1.55. The lowest BCUT2D eigenvalue weighted by atomic mass is 10.2. The molecule has 0 bridgehead atoms. The Labute approximate surface area is 120 Å². The van der Waals surface area contributed by atoms with Crippen LogP contribution in [-0.2, 0) is 0 Å². The Morgan fingerprint density at radius 3 is 2.53 bits per heavy atom. The molecule has 0 saturated carbocycles. The minimum atomic E-state index is -0.568. The quantitative estimate of drug-likeness (QED) is 0.822. The Balaban J connectivity index is 2.38. The summed E-state index contributed by atoms with van der Waals surface area (Å²) in [6.07, 6.45) is 0. The predicted octanol–water partition coefficient (Wildman–Crippen LogP) is 4.47. The monoisotopic (exact) mass is 300 g/mol. The molecule has 0 aliphatic carbocycles. The molecule has 2 aromatic carbocycles. The van der Waals surface area contributed by atoms with E-state index in [-0.39, 0.29) is 10.7 Å². The normalized spacial score (nSPS) is 10.3. The highest BCUT2D eigenvalue weighted by Gasteiger charge is 2.09. The third-order valence-electron chi connectivity index (χ3n) is 2.54. The van der Waals surface area contributed by atoms with Gasteiger partial charge >= 0.3 is 0 Å². The number of hydrogen-bond donors (Lipinski definition) is 2. The number of methoxy groups -OCH3 is 1. The Bertz CT molecular complexity index is 620. The first-order valence-corrected chi connectivity index (χ1v) is 6.12. The van der Waals surface area contributed by atoms with Crippen LogP contribution in [0.1, 0.15) is 0 Å². The summed E-state index contributed by atoms with van der Waals surface area (Å²) in [5.41, 5.74) is 7.03. The van der Waals surface area contributed by atoms with Crippen molar-refractivity contribution < 1.29 is 9.13 Å². The van der Waals surface area contributed by atoms with Crippen LogP contribution in [0, 0.1) is 5.82 Å². The van der Waals surface area contributed by atoms with Crippen molar-refractivity contribution in [3.8, 4) is 5.75 Å². The molecule has 0 unspecified atom stereocenters. The van der Waals surface area contributed by atoms with Crippen LogP contribution in [0.15, 0.2) is 30.3 Å². The van der Waals surface area contributed by atoms with Gasteiger partial charge in [-0.25, -0.2) is 4.39 Å². The fourth-order valence-electron chi connectivity index (χ4n) is 1.54. The van der Waals surface area contributed by atoms with Crippen molar-refractivity contribution in [2.24, 2.45) is 0 Å². The van der Waals surface area contributed by atoms with Gasteiger partial charge in [-0.05, 0) is 18.2 Å². The highest BCUT2D eigenvalue weighted by molar-refractivity contribution is 6.33. The molecular weight excluding hydrogens is 290 g/mol. The van der Waals surface area contributed by atoms with Gasteiger partial charge in [0.25, 0.3) is 0 Å². The highest BCUT2D eigenvalue weighted by Crippen LogP contribution is 2.33. The van der Waals surface area contributed by atoms with Gasteiger partial charge in [-0.1, -0.05) is 23.2 Å². The number of nitrogens with one attached hydrogen (secondary N) is 1. The van der Waals surface area contributed by atoms with Gasteiger partial charge in [0.1, 0.15) is 11.6 Å². The molecule has 0 saturated heterocycles. The minimum Gasteiger partial charge on any atom is -0.497 e. The number of benzene rings is 2. The Morgan fingerprint density at radius 2 is 1.84 bits per heavy atom. The second-order valence-corrected chi connectivity index (χ2v) is 4.64. The van der Waals surface area contributed by atoms with Crippen LogP contribution in [0.5, 0.6) is 5.75 Å². The van der Waals surface area contributed by atoms with E-state index in [0.717, 1.165) is 6.07 Å². The van der Waals surface area contributed by atoms with Crippen LogP contribution in [0.25, 0.3) is 0 Å². The van der Waals surface area contributed by atoms with E-state index in [2.05, 4.69) is 5.32 Å². The van der Waals surface area contributed by atoms with Crippen LogP contribution < -0.4 is 15.8 Å². The van der Waals surface area contributed by atoms with E-state index in [1.807, 2.05) is 0 Å². The summed E-state index contributed by atoms with van der Waals surface area (Å²) in [5, 5.41) is 3.46. The number of rotatable bonds is 3. The largest absolute Gasteiger partial charge is 0.497 e. The predicted molar refractivity (Wildman–Crippen MR) is 77.1 cm³/mol. The maximum absolute atomic E-state index is 13.2. The average Bonchev–Trinajstić information content (AvgIpc) is 2.38. The molecule has 0 spiro atoms. The average molecular weight is 301 g/mol. The van der Waals surface area contributed by atoms with E-state index in [9.17, 15) is 4.39 Å². The fourth-order valence-corrected chi connectivity index (χ4v) is 1.87. The smallest absolute Gasteiger partial charge is 0.143 e. The number of nitrogens with two attached hydrogens (primary N) is 1. The summed E-state index contributed by atoms with van der Waals surface area (Å²) >= 11 is 11.8. The molecule has 0 aliphatic heterocycles. The van der Waals surface area contributed by atoms with Crippen molar-refractivity contribution in [1.29, 1.82) is 0 Å². The van der Waals surface area contributed by atoms with Crippen LogP contribution >= 0.6 is 23.2 Å². The van der Waals surface area contributed by atoms with E-state index in [4.69, 9.17) is 33.7 Å². The first-order valence-electron chi connectivity index (χ1n) is 5.36. The van der Waals surface area contributed by atoms with Crippen LogP contribution in [-0.4, -0.2) is 7.11 Å². The molecule has 0 fully saturated rings. The third-order valence-corrected chi connectivity index (χ3v) is 3.15. The van der Waals surface area contributed by atoms with Gasteiger partial charge in [-0.15, -0.1) is 0 Å². The van der Waals surface area contributed by atoms with E-state index < -0.39 is 5.82 Å².